The van der Waals surface area contributed by atoms with E-state index in [0.717, 1.165) is 85.1 Å². The van der Waals surface area contributed by atoms with E-state index in [9.17, 15) is 83.9 Å². The molecule has 0 atom stereocenters. The van der Waals surface area contributed by atoms with Crippen LogP contribution in [-0.4, -0.2) is 161 Å². The van der Waals surface area contributed by atoms with Crippen molar-refractivity contribution in [2.75, 3.05) is 50.7 Å². The second-order valence-corrected chi connectivity index (χ2v) is 33.8. The number of alkyl halides is 9. The van der Waals surface area contributed by atoms with Gasteiger partial charge in [0.05, 0.1) is 18.2 Å². The molecule has 0 aromatic heterocycles. The van der Waals surface area contributed by atoms with Gasteiger partial charge in [0.15, 0.2) is 0 Å². The molecular weight excluding hydrogens is 1750 g/mol. The molecule has 6 aromatic rings. The van der Waals surface area contributed by atoms with Crippen LogP contribution >= 0.6 is 15.9 Å². The van der Waals surface area contributed by atoms with Crippen molar-refractivity contribution in [1.29, 1.82) is 21.0 Å². The Balaban J connectivity index is 0.000000234. The van der Waals surface area contributed by atoms with E-state index < -0.39 is 107 Å². The van der Waals surface area contributed by atoms with Crippen molar-refractivity contribution >= 4 is 105 Å². The van der Waals surface area contributed by atoms with E-state index in [1.54, 1.807) is 25.1 Å². The van der Waals surface area contributed by atoms with Crippen molar-refractivity contribution in [2.45, 2.75) is 121 Å². The SMILES string of the molecule is C=CS(=O)(=O)N1CCC2(CC1)N=C(c1cccc(OC(F)(F)F)c1)NC2=O.Cc1cc(CCC#N)ccc1/C=C/S(=O)(=O)N1CCC2(CC1)N=C(c1cccc(OC(F)(F)F)c1)NC2=O.Cc1cc(CCC#N)ccc1Br.Cc1cc(N(CC#N)C(N)=O)ccc1/C=C/S(=O)(=O)N1CCC2(CC1)N=C(c1cccc(OC(F)(F)F)c1)NC2=O.N#C[O-].[Na+]. The van der Waals surface area contributed by atoms with Crippen LogP contribution in [0.3, 0.4) is 0 Å². The predicted molar refractivity (Wildman–Crippen MR) is 426 cm³/mol. The maximum Gasteiger partial charge on any atom is 1.00 e. The number of nitriles is 4. The molecule has 6 aliphatic rings. The average molecular weight is 1830 g/mol. The minimum atomic E-state index is -4.88. The van der Waals surface area contributed by atoms with Gasteiger partial charge in [-0.2, -0.15) is 28.7 Å². The van der Waals surface area contributed by atoms with Crippen molar-refractivity contribution in [3.05, 3.63) is 210 Å². The zero-order valence-corrected chi connectivity index (χ0v) is 71.5. The van der Waals surface area contributed by atoms with Crippen LogP contribution in [0.1, 0.15) is 107 Å². The van der Waals surface area contributed by atoms with E-state index in [1.807, 2.05) is 37.3 Å². The van der Waals surface area contributed by atoms with Crippen LogP contribution in [0.15, 0.2) is 170 Å². The van der Waals surface area contributed by atoms with Gasteiger partial charge in [0.1, 0.15) is 57.9 Å². The molecular formula is C79H76BrF9N15NaO14S3. The number of primary amides is 1. The molecule has 5 N–H and O–H groups in total. The number of halogens is 10. The second-order valence-electron chi connectivity index (χ2n) is 27.5. The summed E-state index contributed by atoms with van der Waals surface area (Å²) < 4.78 is 205. The topological polar surface area (TPSA) is 429 Å². The first-order valence-corrected chi connectivity index (χ1v) is 41.6. The van der Waals surface area contributed by atoms with Gasteiger partial charge >= 0.3 is 54.7 Å². The van der Waals surface area contributed by atoms with Crippen LogP contribution in [0.5, 0.6) is 17.2 Å². The number of sulfonamides is 3. The smallest absolute Gasteiger partial charge is 0.812 e. The van der Waals surface area contributed by atoms with Gasteiger partial charge in [0.25, 0.3) is 17.7 Å². The predicted octanol–water partition coefficient (Wildman–Crippen LogP) is 7.89. The van der Waals surface area contributed by atoms with Crippen LogP contribution in [0, 0.1) is 66.3 Å². The number of nitrogens with one attached hydrogen (secondary N) is 3. The third-order valence-electron chi connectivity index (χ3n) is 19.4. The monoisotopic (exact) mass is 1830 g/mol. The number of ether oxygens (including phenoxy) is 3. The number of benzene rings is 6. The van der Waals surface area contributed by atoms with Crippen molar-refractivity contribution in [2.24, 2.45) is 20.7 Å². The number of amides is 5. The number of nitrogens with two attached hydrogens (primary N) is 1. The Bertz CT molecular complexity index is 5610. The molecule has 12 rings (SSSR count). The van der Waals surface area contributed by atoms with E-state index >= 15 is 0 Å². The van der Waals surface area contributed by atoms with Crippen molar-refractivity contribution in [1.82, 2.24) is 28.9 Å². The van der Waals surface area contributed by atoms with Crippen molar-refractivity contribution < 1.29 is 133 Å². The number of amidine groups is 3. The molecule has 0 radical (unpaired) electrons. The third kappa shape index (κ3) is 26.7. The first kappa shape index (κ1) is 98.1. The second kappa shape index (κ2) is 41.7. The van der Waals surface area contributed by atoms with Crippen LogP contribution < -0.4 is 75.5 Å². The Hall–Kier alpha value is -11.0. The molecule has 3 spiro atoms. The Morgan fingerprint density at radius 3 is 1.16 bits per heavy atom. The molecule has 6 heterocycles. The number of aryl methyl sites for hydroxylation is 5. The van der Waals surface area contributed by atoms with Gasteiger partial charge in [-0.3, -0.25) is 34.3 Å². The summed E-state index contributed by atoms with van der Waals surface area (Å²) in [5, 5.41) is 51.9. The fourth-order valence-corrected chi connectivity index (χ4v) is 16.7. The molecule has 3 saturated heterocycles. The molecule has 29 nitrogen and oxygen atoms in total. The number of piperidine rings is 3. The molecule has 5 amide bonds. The molecule has 640 valence electrons. The average Bonchev–Trinajstić information content (AvgIpc) is 1.62. The minimum absolute atomic E-state index is 0. The standard InChI is InChI=1S/C26H25F3N6O5S.C26H25F3N4O4S.C16H16F3N3O4S.C10H10BrN.CHNO.Na/c1-17-15-20(35(13-10-30)24(31)37)6-5-18(17)7-14-41(38,39)34-11-8-25(9-12-34)23(36)32-22(33-25)19-3-2-4-21(16-19)40-26(27,28)29;1-18-16-19(4-3-12-30)7-8-20(18)9-15-38(35,36)33-13-10-25(11-14-33)24(34)31-23(32-25)21-5-2-6-22(17-21)37-26(27,28)29;1-2-27(24,25)22-8-6-15(7-9-22)14(23)20-13(21-15)11-4-3-5-12(10-11)26-16(17,18)19;1-8-7-9(3-2-6-12)4-5-10(8)11;2-1-3;/h2-7,14-16H,8-9,11-13H2,1H3,(H2,31,37)(H,32,33,36);2,5-9,15-17H,3-4,10-11,13-14H2,1H3,(H,31,32,34);2-5,10H,1,6-9H2,(H,20,21,23);4-5,7H,2-3H2,1H3;3H;/q;;;;;+1/p-1/b14-7+;15-9+;;;;. The first-order chi connectivity index (χ1) is 56.8. The summed E-state index contributed by atoms with van der Waals surface area (Å²) in [6.07, 6.45) is -7.92. The first-order valence-electron chi connectivity index (χ1n) is 36.3. The van der Waals surface area contributed by atoms with E-state index in [2.05, 4.69) is 98.8 Å². The van der Waals surface area contributed by atoms with Crippen LogP contribution in [0.25, 0.3) is 12.2 Å². The van der Waals surface area contributed by atoms with Gasteiger partial charge in [-0.15, -0.1) is 39.5 Å². The van der Waals surface area contributed by atoms with Crippen LogP contribution in [0.2, 0.25) is 0 Å². The van der Waals surface area contributed by atoms with Gasteiger partial charge in [-0.05, 0) is 178 Å². The van der Waals surface area contributed by atoms with E-state index in [0.29, 0.717) is 42.3 Å². The normalized spacial score (nSPS) is 16.8. The summed E-state index contributed by atoms with van der Waals surface area (Å²) >= 11 is 3.43. The number of carbonyl (C=O) groups excluding carboxylic acids is 4. The van der Waals surface area contributed by atoms with Gasteiger partial charge in [0, 0.05) is 101 Å². The van der Waals surface area contributed by atoms with Crippen molar-refractivity contribution in [3.63, 3.8) is 0 Å². The van der Waals surface area contributed by atoms with Gasteiger partial charge in [-0.1, -0.05) is 95.3 Å². The van der Waals surface area contributed by atoms with Gasteiger partial charge in [-0.25, -0.2) is 35.3 Å². The summed E-state index contributed by atoms with van der Waals surface area (Å²) in [7, 11) is -11.2. The summed E-state index contributed by atoms with van der Waals surface area (Å²) in [5.74, 6) is -2.28. The quantitative estimate of drug-likeness (QED) is 0.0244. The fourth-order valence-electron chi connectivity index (χ4n) is 13.2. The number of carbonyl (C=O) groups is 4. The molecule has 0 saturated carbocycles. The molecule has 122 heavy (non-hydrogen) atoms. The Labute approximate surface area is 726 Å². The molecule has 6 aliphatic heterocycles. The number of hydrogen-bond acceptors (Lipinski definition) is 21. The molecule has 0 unspecified atom stereocenters. The van der Waals surface area contributed by atoms with E-state index in [4.69, 9.17) is 31.9 Å². The molecule has 43 heteroatoms. The largest absolute Gasteiger partial charge is 1.00 e. The maximum absolute atomic E-state index is 13.0. The fraction of sp³-hybridized carbons (Fsp3) is 0.329. The molecule has 0 bridgehead atoms. The van der Waals surface area contributed by atoms with E-state index in [1.165, 1.54) is 72.6 Å². The summed E-state index contributed by atoms with van der Waals surface area (Å²) in [6.45, 7) is 8.95. The van der Waals surface area contributed by atoms with Gasteiger partial charge in [0.2, 0.25) is 30.1 Å². The third-order valence-corrected chi connectivity index (χ3v) is 24.9. The van der Waals surface area contributed by atoms with Crippen LogP contribution in [-0.2, 0) is 57.3 Å². The number of nitrogens with zero attached hydrogens (tertiary/aromatic N) is 11. The van der Waals surface area contributed by atoms with Crippen LogP contribution in [0.4, 0.5) is 50.0 Å². The number of hydrogen-bond donors (Lipinski definition) is 4. The summed E-state index contributed by atoms with van der Waals surface area (Å²) in [6, 6.07) is 37.2. The molecule has 6 aromatic carbocycles. The minimum Gasteiger partial charge on any atom is -0.812 e. The molecule has 0 aliphatic carbocycles. The number of aliphatic imine (C=N–C) groups is 3. The molecule has 3 fully saturated rings. The number of anilines is 1. The number of rotatable bonds is 20. The summed E-state index contributed by atoms with van der Waals surface area (Å²) in [4.78, 5) is 64.1. The van der Waals surface area contributed by atoms with Gasteiger partial charge < -0.3 is 41.0 Å². The zero-order valence-electron chi connectivity index (χ0n) is 65.5. The Morgan fingerprint density at radius 2 is 0.861 bits per heavy atom. The summed E-state index contributed by atoms with van der Waals surface area (Å²) in [5.41, 5.74) is 9.18. The van der Waals surface area contributed by atoms with E-state index in [-0.39, 0.29) is 148 Å². The van der Waals surface area contributed by atoms with Crippen molar-refractivity contribution in [3.8, 4) is 41.7 Å². The Morgan fingerprint density at radius 1 is 0.533 bits per heavy atom. The zero-order chi connectivity index (χ0) is 89.1. The Kier molecular flexibility index (Phi) is 33.5. The maximum atomic E-state index is 13.0. The number of urea groups is 1.